The fraction of sp³-hybridized carbons (Fsp3) is 0.143. The minimum absolute atomic E-state index is 0.191. The second kappa shape index (κ2) is 10.5. The van der Waals surface area contributed by atoms with Crippen LogP contribution in [-0.4, -0.2) is 42.9 Å². The molecule has 1 fully saturated rings. The van der Waals surface area contributed by atoms with Gasteiger partial charge in [-0.05, 0) is 72.5 Å². The van der Waals surface area contributed by atoms with E-state index in [1.807, 2.05) is 19.1 Å². The molecule has 1 heterocycles. The summed E-state index contributed by atoms with van der Waals surface area (Å²) in [5, 5.41) is 18.3. The Bertz CT molecular complexity index is 2110. The predicted molar refractivity (Wildman–Crippen MR) is 157 cm³/mol. The Morgan fingerprint density at radius 3 is 1.84 bits per heavy atom. The van der Waals surface area contributed by atoms with Crippen LogP contribution in [0.5, 0.6) is 5.75 Å². The summed E-state index contributed by atoms with van der Waals surface area (Å²) in [6, 6.07) is 13.5. The Morgan fingerprint density at radius 2 is 1.28 bits per heavy atom. The van der Waals surface area contributed by atoms with Gasteiger partial charge in [0.05, 0.1) is 22.4 Å². The molecule has 43 heavy (non-hydrogen) atoms. The van der Waals surface area contributed by atoms with Crippen LogP contribution in [0.1, 0.15) is 24.0 Å². The van der Waals surface area contributed by atoms with Crippen LogP contribution in [0.25, 0.3) is 21.9 Å². The number of hydrogen-bond acceptors (Lipinski definition) is 10. The van der Waals surface area contributed by atoms with Crippen molar-refractivity contribution < 1.29 is 40.6 Å². The van der Waals surface area contributed by atoms with E-state index in [1.165, 1.54) is 11.0 Å². The molecule has 0 aliphatic carbocycles. The van der Waals surface area contributed by atoms with Crippen LogP contribution in [0, 0.1) is 13.8 Å². The van der Waals surface area contributed by atoms with Crippen LogP contribution >= 0.6 is 0 Å². The third kappa shape index (κ3) is 5.46. The second-order valence-corrected chi connectivity index (χ2v) is 12.7. The summed E-state index contributed by atoms with van der Waals surface area (Å²) in [6.07, 6.45) is 0.383. The molecule has 5 rings (SSSR count). The highest BCUT2D eigenvalue weighted by Crippen LogP contribution is 2.44. The molecule has 0 spiro atoms. The normalized spacial score (nSPS) is 14.4. The molecule has 0 unspecified atom stereocenters. The molecular formula is C28H24N4O9S2. The summed E-state index contributed by atoms with van der Waals surface area (Å²) < 4.78 is 66.6. The van der Waals surface area contributed by atoms with Crippen LogP contribution < -0.4 is 10.6 Å². The van der Waals surface area contributed by atoms with Gasteiger partial charge in [0.15, 0.2) is 5.75 Å². The molecule has 4 aromatic carbocycles. The van der Waals surface area contributed by atoms with Gasteiger partial charge >= 0.3 is 0 Å². The van der Waals surface area contributed by atoms with Gasteiger partial charge in [-0.2, -0.15) is 21.9 Å². The van der Waals surface area contributed by atoms with Gasteiger partial charge < -0.3 is 10.8 Å². The highest BCUT2D eigenvalue weighted by Gasteiger charge is 2.31. The molecule has 4 aromatic rings. The summed E-state index contributed by atoms with van der Waals surface area (Å²) in [5.74, 6) is -1.19. The zero-order chi connectivity index (χ0) is 31.4. The fourth-order valence-electron chi connectivity index (χ4n) is 4.95. The zero-order valence-corrected chi connectivity index (χ0v) is 24.3. The van der Waals surface area contributed by atoms with Crippen molar-refractivity contribution >= 4 is 65.6 Å². The molecule has 1 saturated heterocycles. The van der Waals surface area contributed by atoms with E-state index < -0.39 is 46.9 Å². The van der Waals surface area contributed by atoms with Crippen LogP contribution in [-0.2, 0) is 29.8 Å². The number of aryl methyl sites for hydroxylation is 2. The number of hydrogen-bond donors (Lipinski definition) is 4. The number of fused-ring (bicyclic) bond motifs is 1. The van der Waals surface area contributed by atoms with Gasteiger partial charge in [-0.3, -0.25) is 23.6 Å². The SMILES string of the molecule is Cc1cc(-c2ccc(N3C(=O)CCC3=O)c(C)c2)ccc1/N=N/c1ccc2c(S(=O)(=O)O)cc(S(=O)(=O)O)c(N)c2c1O. The van der Waals surface area contributed by atoms with Crippen molar-refractivity contribution in [3.63, 3.8) is 0 Å². The average molecular weight is 625 g/mol. The quantitative estimate of drug-likeness (QED) is 0.0976. The van der Waals surface area contributed by atoms with Crippen molar-refractivity contribution in [3.05, 3.63) is 65.7 Å². The van der Waals surface area contributed by atoms with Crippen LogP contribution in [0.3, 0.4) is 0 Å². The lowest BCUT2D eigenvalue weighted by molar-refractivity contribution is -0.121. The Morgan fingerprint density at radius 1 is 0.744 bits per heavy atom. The summed E-state index contributed by atoms with van der Waals surface area (Å²) >= 11 is 0. The van der Waals surface area contributed by atoms with E-state index in [9.17, 15) is 40.6 Å². The second-order valence-electron chi connectivity index (χ2n) is 9.92. The third-order valence-electron chi connectivity index (χ3n) is 7.06. The van der Waals surface area contributed by atoms with Crippen molar-refractivity contribution in [3.8, 4) is 16.9 Å². The molecule has 0 bridgehead atoms. The number of nitrogen functional groups attached to an aromatic ring is 1. The highest BCUT2D eigenvalue weighted by atomic mass is 32.2. The molecule has 0 radical (unpaired) electrons. The number of amides is 2. The highest BCUT2D eigenvalue weighted by molar-refractivity contribution is 7.87. The summed E-state index contributed by atoms with van der Waals surface area (Å²) in [7, 11) is -10.0. The maximum atomic E-state index is 12.1. The largest absolute Gasteiger partial charge is 0.505 e. The van der Waals surface area contributed by atoms with E-state index in [0.717, 1.165) is 22.8 Å². The van der Waals surface area contributed by atoms with Gasteiger partial charge in [0.2, 0.25) is 11.8 Å². The number of aromatic hydroxyl groups is 1. The molecule has 2 amide bonds. The van der Waals surface area contributed by atoms with Crippen molar-refractivity contribution in [1.82, 2.24) is 0 Å². The van der Waals surface area contributed by atoms with E-state index in [4.69, 9.17) is 5.73 Å². The lowest BCUT2D eigenvalue weighted by atomic mass is 10.00. The monoisotopic (exact) mass is 624 g/mol. The number of anilines is 2. The number of benzene rings is 4. The molecule has 222 valence electrons. The van der Waals surface area contributed by atoms with Crippen LogP contribution in [0.2, 0.25) is 0 Å². The molecule has 1 aliphatic heterocycles. The zero-order valence-electron chi connectivity index (χ0n) is 22.6. The van der Waals surface area contributed by atoms with Gasteiger partial charge in [-0.1, -0.05) is 18.2 Å². The van der Waals surface area contributed by atoms with Crippen molar-refractivity contribution in [2.24, 2.45) is 10.2 Å². The Labute approximate surface area is 245 Å². The minimum atomic E-state index is -5.04. The van der Waals surface area contributed by atoms with E-state index in [2.05, 4.69) is 10.2 Å². The first kappa shape index (κ1) is 29.8. The number of rotatable bonds is 6. The van der Waals surface area contributed by atoms with E-state index in [-0.39, 0.29) is 35.7 Å². The van der Waals surface area contributed by atoms with Crippen molar-refractivity contribution in [2.45, 2.75) is 36.5 Å². The summed E-state index contributed by atoms with van der Waals surface area (Å²) in [6.45, 7) is 3.59. The van der Waals surface area contributed by atoms with Crippen LogP contribution in [0.15, 0.2) is 74.6 Å². The lowest BCUT2D eigenvalue weighted by Crippen LogP contribution is -2.29. The molecule has 13 nitrogen and oxygen atoms in total. The molecule has 1 aliphatic rings. The predicted octanol–water partition coefficient (Wildman–Crippen LogP) is 4.97. The number of carbonyl (C=O) groups is 2. The van der Waals surface area contributed by atoms with Crippen LogP contribution in [0.4, 0.5) is 22.7 Å². The summed E-state index contributed by atoms with van der Waals surface area (Å²) in [4.78, 5) is 23.6. The van der Waals surface area contributed by atoms with Crippen molar-refractivity contribution in [1.29, 1.82) is 0 Å². The first-order chi connectivity index (χ1) is 20.1. The Balaban J connectivity index is 1.50. The van der Waals surface area contributed by atoms with Gasteiger partial charge in [0.25, 0.3) is 20.2 Å². The number of phenolic OH excluding ortho intramolecular Hbond substituents is 1. The third-order valence-corrected chi connectivity index (χ3v) is 8.85. The Kier molecular flexibility index (Phi) is 7.30. The van der Waals surface area contributed by atoms with Crippen molar-refractivity contribution in [2.75, 3.05) is 10.6 Å². The first-order valence-corrected chi connectivity index (χ1v) is 15.5. The van der Waals surface area contributed by atoms with E-state index >= 15 is 0 Å². The number of azo groups is 1. The number of nitrogens with zero attached hydrogens (tertiary/aromatic N) is 3. The fourth-order valence-corrected chi connectivity index (χ4v) is 6.39. The first-order valence-electron chi connectivity index (χ1n) is 12.6. The number of nitrogens with two attached hydrogens (primary N) is 1. The van der Waals surface area contributed by atoms with Gasteiger partial charge in [-0.25, -0.2) is 0 Å². The smallest absolute Gasteiger partial charge is 0.296 e. The average Bonchev–Trinajstić information content (AvgIpc) is 3.24. The molecule has 0 aromatic heterocycles. The number of carbonyl (C=O) groups excluding carboxylic acids is 2. The van der Waals surface area contributed by atoms with Gasteiger partial charge in [-0.15, -0.1) is 5.11 Å². The lowest BCUT2D eigenvalue weighted by Gasteiger charge is -2.17. The standard InChI is InChI=1S/C28H24N4O9S2/c1-14-11-16(17-4-8-21(15(2)12-17)32-24(33)9-10-25(32)34)3-6-19(14)30-31-20-7-5-18-22(42(36,37)38)13-23(43(39,40)41)27(29)26(18)28(20)35/h3-8,11-13,35H,9-10,29H2,1-2H3,(H,36,37,38)(H,39,40,41)/b31-30+. The van der Waals surface area contributed by atoms with E-state index in [1.54, 1.807) is 31.2 Å². The molecule has 0 saturated carbocycles. The minimum Gasteiger partial charge on any atom is -0.505 e. The Hall–Kier alpha value is -4.70. The molecule has 5 N–H and O–H groups in total. The van der Waals surface area contributed by atoms with Gasteiger partial charge in [0.1, 0.15) is 15.5 Å². The molecular weight excluding hydrogens is 600 g/mol. The topological polar surface area (TPSA) is 217 Å². The number of imide groups is 1. The molecule has 15 heteroatoms. The number of phenols is 1. The maximum absolute atomic E-state index is 12.1. The van der Waals surface area contributed by atoms with E-state index in [0.29, 0.717) is 23.0 Å². The molecule has 0 atom stereocenters. The summed E-state index contributed by atoms with van der Waals surface area (Å²) in [5.41, 5.74) is 9.07. The maximum Gasteiger partial charge on any atom is 0.296 e. The van der Waals surface area contributed by atoms with Gasteiger partial charge in [0, 0.05) is 18.2 Å².